The molecular formula is C5H6O5. The number of aliphatic hydroxyl groups excluding tert-OH is 1. The lowest BCUT2D eigenvalue weighted by Crippen LogP contribution is -2.17. The first kappa shape index (κ1) is 8.48. The fourth-order valence-electron chi connectivity index (χ4n) is 0.211. The van der Waals surface area contributed by atoms with Crippen LogP contribution in [0.2, 0.25) is 0 Å². The van der Waals surface area contributed by atoms with Crippen molar-refractivity contribution in [2.45, 2.75) is 0 Å². The summed E-state index contributed by atoms with van der Waals surface area (Å²) in [5.74, 6) is -3.49. The highest BCUT2D eigenvalue weighted by Gasteiger charge is 2.12. The molecule has 0 aliphatic heterocycles. The normalized spacial score (nSPS) is 8.40. The van der Waals surface area contributed by atoms with Crippen molar-refractivity contribution in [2.75, 3.05) is 6.61 Å². The topological polar surface area (TPSA) is 83.8 Å². The molecule has 10 heavy (non-hydrogen) atoms. The lowest BCUT2D eigenvalue weighted by molar-refractivity contribution is -0.163. The molecular weight excluding hydrogens is 140 g/mol. The van der Waals surface area contributed by atoms with Crippen LogP contribution >= 0.6 is 0 Å². The summed E-state index contributed by atoms with van der Waals surface area (Å²) in [6.07, 6.45) is 0. The number of carbonyl (C=O) groups excluding carboxylic acids is 1. The van der Waals surface area contributed by atoms with Crippen molar-refractivity contribution in [3.05, 3.63) is 12.3 Å². The fourth-order valence-corrected chi connectivity index (χ4v) is 0.211. The van der Waals surface area contributed by atoms with Crippen LogP contribution in [0.3, 0.4) is 0 Å². The van der Waals surface area contributed by atoms with Crippen molar-refractivity contribution in [2.24, 2.45) is 0 Å². The van der Waals surface area contributed by atoms with Crippen molar-refractivity contribution >= 4 is 11.9 Å². The average molecular weight is 146 g/mol. The zero-order valence-electron chi connectivity index (χ0n) is 5.03. The second-order valence-corrected chi connectivity index (χ2v) is 1.45. The Morgan fingerprint density at radius 1 is 1.40 bits per heavy atom. The second kappa shape index (κ2) is 3.49. The molecule has 2 N–H and O–H groups in total. The number of aliphatic carboxylic acids is 1. The van der Waals surface area contributed by atoms with Gasteiger partial charge in [0.25, 0.3) is 0 Å². The highest BCUT2D eigenvalue weighted by Crippen LogP contribution is 1.85. The van der Waals surface area contributed by atoms with Crippen LogP contribution in [0.25, 0.3) is 0 Å². The maximum absolute atomic E-state index is 10.1. The van der Waals surface area contributed by atoms with E-state index < -0.39 is 24.3 Å². The van der Waals surface area contributed by atoms with Gasteiger partial charge in [-0.05, 0) is 0 Å². The van der Waals surface area contributed by atoms with Crippen LogP contribution in [0.5, 0.6) is 0 Å². The maximum Gasteiger partial charge on any atom is 0.417 e. The summed E-state index contributed by atoms with van der Waals surface area (Å²) >= 11 is 0. The monoisotopic (exact) mass is 146 g/mol. The van der Waals surface area contributed by atoms with Gasteiger partial charge in [0.2, 0.25) is 0 Å². The van der Waals surface area contributed by atoms with Gasteiger partial charge in [0.05, 0.1) is 0 Å². The summed E-state index contributed by atoms with van der Waals surface area (Å²) in [7, 11) is 0. The molecule has 56 valence electrons. The van der Waals surface area contributed by atoms with E-state index in [1.807, 2.05) is 0 Å². The van der Waals surface area contributed by atoms with Crippen molar-refractivity contribution in [3.63, 3.8) is 0 Å². The van der Waals surface area contributed by atoms with Crippen LogP contribution in [0, 0.1) is 0 Å². The molecule has 0 spiro atoms. The molecule has 0 aromatic carbocycles. The van der Waals surface area contributed by atoms with E-state index in [-0.39, 0.29) is 0 Å². The molecule has 0 rings (SSSR count). The molecule has 0 fully saturated rings. The quantitative estimate of drug-likeness (QED) is 0.317. The van der Waals surface area contributed by atoms with Gasteiger partial charge in [-0.3, -0.25) is 0 Å². The Bertz CT molecular complexity index is 171. The third kappa shape index (κ3) is 3.48. The molecule has 0 aromatic heterocycles. The van der Waals surface area contributed by atoms with E-state index >= 15 is 0 Å². The first-order valence-corrected chi connectivity index (χ1v) is 2.31. The molecule has 0 bridgehead atoms. The Morgan fingerprint density at radius 3 is 2.20 bits per heavy atom. The van der Waals surface area contributed by atoms with E-state index in [1.54, 1.807) is 0 Å². The first-order valence-electron chi connectivity index (χ1n) is 2.31. The number of hydrogen-bond acceptors (Lipinski definition) is 4. The Morgan fingerprint density at radius 2 is 1.90 bits per heavy atom. The molecule has 0 aliphatic rings. The van der Waals surface area contributed by atoms with E-state index in [0.29, 0.717) is 0 Å². The summed E-state index contributed by atoms with van der Waals surface area (Å²) in [5, 5.41) is 16.2. The molecule has 0 amide bonds. The van der Waals surface area contributed by atoms with E-state index in [2.05, 4.69) is 11.3 Å². The summed E-state index contributed by atoms with van der Waals surface area (Å²) < 4.78 is 3.98. The summed E-state index contributed by atoms with van der Waals surface area (Å²) in [4.78, 5) is 19.8. The zero-order chi connectivity index (χ0) is 8.15. The molecule has 0 aliphatic carbocycles. The Labute approximate surface area is 56.5 Å². The molecule has 0 radical (unpaired) electrons. The highest BCUT2D eigenvalue weighted by molar-refractivity contribution is 6.28. The van der Waals surface area contributed by atoms with Gasteiger partial charge >= 0.3 is 11.9 Å². The smallest absolute Gasteiger partial charge is 0.417 e. The van der Waals surface area contributed by atoms with E-state index in [1.165, 1.54) is 0 Å². The SMILES string of the molecule is C=C(O)COC(=O)C(=O)O. The Balaban J connectivity index is 3.60. The number of hydrogen-bond donors (Lipinski definition) is 2. The lowest BCUT2D eigenvalue weighted by Gasteiger charge is -1.97. The fraction of sp³-hybridized carbons (Fsp3) is 0.200. The minimum Gasteiger partial charge on any atom is -0.509 e. The number of carbonyl (C=O) groups is 2. The second-order valence-electron chi connectivity index (χ2n) is 1.45. The van der Waals surface area contributed by atoms with Crippen LogP contribution in [0.1, 0.15) is 0 Å². The standard InChI is InChI=1S/C5H6O5/c1-3(6)2-10-5(9)4(7)8/h6H,1-2H2,(H,7,8). The average Bonchev–Trinajstić information content (AvgIpc) is 1.82. The van der Waals surface area contributed by atoms with Gasteiger partial charge < -0.3 is 14.9 Å². The highest BCUT2D eigenvalue weighted by atomic mass is 16.6. The molecule has 0 unspecified atom stereocenters. The van der Waals surface area contributed by atoms with Gasteiger partial charge in [0.15, 0.2) is 0 Å². The molecule has 0 heterocycles. The van der Waals surface area contributed by atoms with Crippen molar-refractivity contribution in [3.8, 4) is 0 Å². The number of aliphatic hydroxyl groups is 1. The summed E-state index contributed by atoms with van der Waals surface area (Å²) in [6, 6.07) is 0. The number of rotatable bonds is 2. The van der Waals surface area contributed by atoms with Crippen molar-refractivity contribution < 1.29 is 24.5 Å². The summed E-state index contributed by atoms with van der Waals surface area (Å²) in [5.41, 5.74) is 0. The van der Waals surface area contributed by atoms with E-state index in [9.17, 15) is 9.59 Å². The predicted molar refractivity (Wildman–Crippen MR) is 30.4 cm³/mol. The van der Waals surface area contributed by atoms with Crippen LogP contribution in [0.15, 0.2) is 12.3 Å². The van der Waals surface area contributed by atoms with Gasteiger partial charge in [-0.1, -0.05) is 6.58 Å². The largest absolute Gasteiger partial charge is 0.509 e. The first-order chi connectivity index (χ1) is 4.54. The molecule has 5 heteroatoms. The summed E-state index contributed by atoms with van der Waals surface area (Å²) in [6.45, 7) is 2.49. The third-order valence-corrected chi connectivity index (χ3v) is 0.544. The lowest BCUT2D eigenvalue weighted by atomic mass is 10.6. The van der Waals surface area contributed by atoms with E-state index in [0.717, 1.165) is 0 Å². The van der Waals surface area contributed by atoms with Crippen molar-refractivity contribution in [1.82, 2.24) is 0 Å². The molecule has 5 nitrogen and oxygen atoms in total. The number of esters is 1. The molecule has 0 saturated heterocycles. The minimum absolute atomic E-state index is 0.394. The predicted octanol–water partition coefficient (Wildman–Crippen LogP) is -0.314. The third-order valence-electron chi connectivity index (χ3n) is 0.544. The Kier molecular flexibility index (Phi) is 2.96. The Hall–Kier alpha value is -1.52. The van der Waals surface area contributed by atoms with Crippen LogP contribution in [-0.4, -0.2) is 28.8 Å². The molecule has 0 atom stereocenters. The van der Waals surface area contributed by atoms with Gasteiger partial charge in [-0.2, -0.15) is 0 Å². The van der Waals surface area contributed by atoms with Crippen LogP contribution in [0.4, 0.5) is 0 Å². The van der Waals surface area contributed by atoms with Gasteiger partial charge in [-0.15, -0.1) is 0 Å². The molecule has 0 saturated carbocycles. The minimum atomic E-state index is -1.69. The van der Waals surface area contributed by atoms with Gasteiger partial charge in [-0.25, -0.2) is 9.59 Å². The van der Waals surface area contributed by atoms with Crippen LogP contribution in [-0.2, 0) is 14.3 Å². The van der Waals surface area contributed by atoms with Crippen LogP contribution < -0.4 is 0 Å². The molecule has 0 aromatic rings. The van der Waals surface area contributed by atoms with E-state index in [4.69, 9.17) is 10.2 Å². The maximum atomic E-state index is 10.1. The number of carboxylic acid groups (broad SMARTS) is 1. The van der Waals surface area contributed by atoms with Gasteiger partial charge in [0, 0.05) is 0 Å². The van der Waals surface area contributed by atoms with Gasteiger partial charge in [0.1, 0.15) is 12.4 Å². The zero-order valence-corrected chi connectivity index (χ0v) is 5.03. The number of carboxylic acids is 1. The van der Waals surface area contributed by atoms with Crippen molar-refractivity contribution in [1.29, 1.82) is 0 Å². The number of ether oxygens (including phenoxy) is 1.